The summed E-state index contributed by atoms with van der Waals surface area (Å²) in [5.74, 6) is 1.81. The molecule has 0 aliphatic rings. The van der Waals surface area contributed by atoms with E-state index in [1.165, 1.54) is 0 Å². The highest BCUT2D eigenvalue weighted by Crippen LogP contribution is 2.38. The first-order chi connectivity index (χ1) is 24.7. The summed E-state index contributed by atoms with van der Waals surface area (Å²) in [4.78, 5) is 15.1. The van der Waals surface area contributed by atoms with E-state index in [4.69, 9.17) is 23.8 Å². The van der Waals surface area contributed by atoms with Crippen LogP contribution in [-0.2, 0) is 0 Å². The van der Waals surface area contributed by atoms with E-state index in [-0.39, 0.29) is 0 Å². The summed E-state index contributed by atoms with van der Waals surface area (Å²) >= 11 is 0. The second-order valence-corrected chi connectivity index (χ2v) is 12.4. The quantitative estimate of drug-likeness (QED) is 0.187. The standard InChI is InChI=1S/C45H27N3O2/c1-3-9-28(10-4-1)30-15-19-32(20-16-30)43-46-44(33-21-17-31(18-22-33)29-11-5-2-6-12-29)48-45(47-43)34-23-24-40-36(25-34)38-27-41-37(26-42(38)50-40)35-13-7-8-14-39(35)49-41/h1-27H. The Morgan fingerprint density at radius 1 is 0.260 bits per heavy atom. The van der Waals surface area contributed by atoms with Gasteiger partial charge in [0.1, 0.15) is 22.3 Å². The van der Waals surface area contributed by atoms with Crippen LogP contribution in [0.2, 0.25) is 0 Å². The van der Waals surface area contributed by atoms with Gasteiger partial charge in [-0.3, -0.25) is 0 Å². The van der Waals surface area contributed by atoms with Gasteiger partial charge in [-0.1, -0.05) is 127 Å². The predicted molar refractivity (Wildman–Crippen MR) is 202 cm³/mol. The molecule has 0 spiro atoms. The first-order valence-electron chi connectivity index (χ1n) is 16.6. The molecule has 0 N–H and O–H groups in total. The van der Waals surface area contributed by atoms with E-state index in [0.717, 1.165) is 82.8 Å². The molecule has 50 heavy (non-hydrogen) atoms. The van der Waals surface area contributed by atoms with Gasteiger partial charge in [0.2, 0.25) is 0 Å². The van der Waals surface area contributed by atoms with Gasteiger partial charge in [0, 0.05) is 38.2 Å². The average Bonchev–Trinajstić information content (AvgIpc) is 3.74. The van der Waals surface area contributed by atoms with E-state index in [9.17, 15) is 0 Å². The molecule has 3 aromatic heterocycles. The van der Waals surface area contributed by atoms with Crippen molar-refractivity contribution in [2.75, 3.05) is 0 Å². The summed E-state index contributed by atoms with van der Waals surface area (Å²) in [5, 5.41) is 4.07. The van der Waals surface area contributed by atoms with Gasteiger partial charge in [0.05, 0.1) is 0 Å². The number of rotatable bonds is 5. The summed E-state index contributed by atoms with van der Waals surface area (Å²) in [5.41, 5.74) is 10.6. The van der Waals surface area contributed by atoms with Crippen molar-refractivity contribution in [3.8, 4) is 56.4 Å². The van der Waals surface area contributed by atoms with Gasteiger partial charge < -0.3 is 8.83 Å². The van der Waals surface area contributed by atoms with E-state index >= 15 is 0 Å². The zero-order valence-corrected chi connectivity index (χ0v) is 26.7. The van der Waals surface area contributed by atoms with Crippen LogP contribution in [-0.4, -0.2) is 15.0 Å². The van der Waals surface area contributed by atoms with Crippen LogP contribution in [0.15, 0.2) is 173 Å². The number of hydrogen-bond donors (Lipinski definition) is 0. The van der Waals surface area contributed by atoms with Crippen LogP contribution in [0.1, 0.15) is 0 Å². The first-order valence-corrected chi connectivity index (χ1v) is 16.6. The summed E-state index contributed by atoms with van der Waals surface area (Å²) in [6.07, 6.45) is 0. The monoisotopic (exact) mass is 641 g/mol. The molecule has 0 saturated heterocycles. The third-order valence-electron chi connectivity index (χ3n) is 9.36. The molecule has 0 bridgehead atoms. The number of nitrogens with zero attached hydrogens (tertiary/aromatic N) is 3. The van der Waals surface area contributed by atoms with Gasteiger partial charge in [0.15, 0.2) is 17.5 Å². The number of hydrogen-bond acceptors (Lipinski definition) is 5. The Labute approximate surface area is 287 Å². The maximum absolute atomic E-state index is 6.36. The van der Waals surface area contributed by atoms with Crippen LogP contribution >= 0.6 is 0 Å². The first kappa shape index (κ1) is 28.2. The van der Waals surface area contributed by atoms with Gasteiger partial charge in [0.25, 0.3) is 0 Å². The predicted octanol–water partition coefficient (Wildman–Crippen LogP) is 12.0. The SMILES string of the molecule is c1ccc(-c2ccc(-c3nc(-c4ccc(-c5ccccc5)cc4)nc(-c4ccc5oc6cc7c(cc6c5c4)oc4ccccc47)n3)cc2)cc1. The molecule has 5 nitrogen and oxygen atoms in total. The molecule has 10 rings (SSSR count). The number of para-hydroxylation sites is 1. The lowest BCUT2D eigenvalue weighted by Gasteiger charge is -2.10. The Hall–Kier alpha value is -6.85. The second kappa shape index (κ2) is 11.4. The van der Waals surface area contributed by atoms with E-state index in [1.54, 1.807) is 0 Å². The van der Waals surface area contributed by atoms with E-state index < -0.39 is 0 Å². The average molecular weight is 642 g/mol. The fourth-order valence-corrected chi connectivity index (χ4v) is 6.78. The fraction of sp³-hybridized carbons (Fsp3) is 0. The molecule has 0 radical (unpaired) electrons. The molecule has 3 heterocycles. The van der Waals surface area contributed by atoms with Crippen molar-refractivity contribution in [1.29, 1.82) is 0 Å². The second-order valence-electron chi connectivity index (χ2n) is 12.4. The molecule has 234 valence electrons. The largest absolute Gasteiger partial charge is 0.456 e. The molecule has 0 unspecified atom stereocenters. The minimum atomic E-state index is 0.588. The third kappa shape index (κ3) is 4.83. The number of benzene rings is 7. The highest BCUT2D eigenvalue weighted by Gasteiger charge is 2.17. The molecule has 0 fully saturated rings. The minimum Gasteiger partial charge on any atom is -0.456 e. The summed E-state index contributed by atoms with van der Waals surface area (Å²) < 4.78 is 12.6. The van der Waals surface area contributed by atoms with Crippen molar-refractivity contribution in [1.82, 2.24) is 15.0 Å². The number of furan rings is 2. The highest BCUT2D eigenvalue weighted by molar-refractivity contribution is 6.15. The lowest BCUT2D eigenvalue weighted by molar-refractivity contribution is 0.664. The van der Waals surface area contributed by atoms with E-state index in [1.807, 2.05) is 42.5 Å². The summed E-state index contributed by atoms with van der Waals surface area (Å²) in [6.45, 7) is 0. The molecular weight excluding hydrogens is 615 g/mol. The highest BCUT2D eigenvalue weighted by atomic mass is 16.3. The van der Waals surface area contributed by atoms with Crippen LogP contribution in [0, 0.1) is 0 Å². The van der Waals surface area contributed by atoms with Crippen LogP contribution in [0.5, 0.6) is 0 Å². The molecule has 7 aromatic carbocycles. The Morgan fingerprint density at radius 2 is 0.640 bits per heavy atom. The molecular formula is C45H27N3O2. The zero-order chi connectivity index (χ0) is 33.0. The molecule has 0 saturated carbocycles. The van der Waals surface area contributed by atoms with Crippen molar-refractivity contribution in [2.45, 2.75) is 0 Å². The van der Waals surface area contributed by atoms with Crippen LogP contribution in [0.4, 0.5) is 0 Å². The Bertz CT molecular complexity index is 2740. The van der Waals surface area contributed by atoms with Gasteiger partial charge in [-0.05, 0) is 58.7 Å². The van der Waals surface area contributed by atoms with Gasteiger partial charge in [-0.2, -0.15) is 0 Å². The fourth-order valence-electron chi connectivity index (χ4n) is 6.78. The Balaban J connectivity index is 1.11. The van der Waals surface area contributed by atoms with Gasteiger partial charge in [-0.25, -0.2) is 15.0 Å². The number of fused-ring (bicyclic) bond motifs is 6. The van der Waals surface area contributed by atoms with Crippen molar-refractivity contribution in [2.24, 2.45) is 0 Å². The van der Waals surface area contributed by atoms with Crippen LogP contribution in [0.3, 0.4) is 0 Å². The van der Waals surface area contributed by atoms with E-state index in [0.29, 0.717) is 17.5 Å². The Kier molecular flexibility index (Phi) is 6.42. The third-order valence-corrected chi connectivity index (χ3v) is 9.36. The normalized spacial score (nSPS) is 11.6. The van der Waals surface area contributed by atoms with Gasteiger partial charge in [-0.15, -0.1) is 0 Å². The van der Waals surface area contributed by atoms with Crippen molar-refractivity contribution in [3.63, 3.8) is 0 Å². The minimum absolute atomic E-state index is 0.588. The lowest BCUT2D eigenvalue weighted by atomic mass is 10.0. The van der Waals surface area contributed by atoms with Crippen LogP contribution in [0.25, 0.3) is 100 Å². The summed E-state index contributed by atoms with van der Waals surface area (Å²) in [6, 6.07) is 55.9. The van der Waals surface area contributed by atoms with Gasteiger partial charge >= 0.3 is 0 Å². The van der Waals surface area contributed by atoms with E-state index in [2.05, 4.69) is 121 Å². The maximum Gasteiger partial charge on any atom is 0.164 e. The van der Waals surface area contributed by atoms with Crippen molar-refractivity contribution >= 4 is 43.9 Å². The molecule has 0 amide bonds. The Morgan fingerprint density at radius 3 is 1.20 bits per heavy atom. The lowest BCUT2D eigenvalue weighted by Crippen LogP contribution is -2.00. The molecule has 10 aromatic rings. The summed E-state index contributed by atoms with van der Waals surface area (Å²) in [7, 11) is 0. The zero-order valence-electron chi connectivity index (χ0n) is 26.7. The molecule has 0 aliphatic heterocycles. The molecule has 0 aliphatic carbocycles. The molecule has 5 heteroatoms. The topological polar surface area (TPSA) is 65.0 Å². The van der Waals surface area contributed by atoms with Crippen LogP contribution < -0.4 is 0 Å². The maximum atomic E-state index is 6.36. The van der Waals surface area contributed by atoms with Crippen molar-refractivity contribution in [3.05, 3.63) is 164 Å². The molecule has 0 atom stereocenters. The smallest absolute Gasteiger partial charge is 0.164 e. The number of aromatic nitrogens is 3. The van der Waals surface area contributed by atoms with Crippen molar-refractivity contribution < 1.29 is 8.83 Å².